The molecule has 0 atom stereocenters. The number of piperazine rings is 1. The van der Waals surface area contributed by atoms with E-state index in [4.69, 9.17) is 28.6 Å². The molecule has 0 aromatic heterocycles. The topological polar surface area (TPSA) is 37.1 Å². The minimum atomic E-state index is -0.0251. The molecule has 1 aromatic carbocycles. The summed E-state index contributed by atoms with van der Waals surface area (Å²) in [6.07, 6.45) is 0. The second-order valence-corrected chi connectivity index (χ2v) is 5.78. The number of ether oxygens (including phenoxy) is 1. The zero-order valence-electron chi connectivity index (χ0n) is 11.8. The molecule has 1 aliphatic rings. The Morgan fingerprint density at radius 2 is 2.10 bits per heavy atom. The molecular weight excluding hydrogens is 296 g/mol. The molecule has 1 heterocycles. The first-order valence-corrected chi connectivity index (χ1v) is 7.57. The van der Waals surface area contributed by atoms with E-state index in [1.165, 1.54) is 4.90 Å². The van der Waals surface area contributed by atoms with Crippen LogP contribution in [0.25, 0.3) is 0 Å². The molecule has 20 heavy (non-hydrogen) atoms. The first kappa shape index (κ1) is 15.4. The highest BCUT2D eigenvalue weighted by atomic mass is 35.5. The molecule has 1 aliphatic heterocycles. The summed E-state index contributed by atoms with van der Waals surface area (Å²) in [5, 5.41) is 10.1. The van der Waals surface area contributed by atoms with Crippen LogP contribution in [0.2, 0.25) is 5.02 Å². The summed E-state index contributed by atoms with van der Waals surface area (Å²) in [5.74, 6) is 0.361. The van der Waals surface area contributed by atoms with Crippen LogP contribution >= 0.6 is 23.8 Å². The molecule has 1 aromatic rings. The Balaban J connectivity index is 2.21. The van der Waals surface area contributed by atoms with Gasteiger partial charge in [-0.2, -0.15) is 0 Å². The van der Waals surface area contributed by atoms with Gasteiger partial charge in [-0.05, 0) is 19.1 Å². The normalized spacial score (nSPS) is 16.2. The molecule has 0 unspecified atom stereocenters. The van der Waals surface area contributed by atoms with Crippen LogP contribution in [0.1, 0.15) is 12.5 Å². The number of nitrogens with one attached hydrogen (secondary N) is 1. The van der Waals surface area contributed by atoms with Crippen molar-refractivity contribution < 1.29 is 14.7 Å². The van der Waals surface area contributed by atoms with E-state index in [1.54, 1.807) is 12.1 Å². The van der Waals surface area contributed by atoms with Crippen LogP contribution in [-0.2, 0) is 0 Å². The fourth-order valence-electron chi connectivity index (χ4n) is 2.24. The first-order chi connectivity index (χ1) is 9.52. The molecule has 1 saturated heterocycles. The van der Waals surface area contributed by atoms with E-state index in [0.29, 0.717) is 12.4 Å². The van der Waals surface area contributed by atoms with Gasteiger partial charge in [0, 0.05) is 5.56 Å². The van der Waals surface area contributed by atoms with Crippen molar-refractivity contribution in [3.05, 3.63) is 22.7 Å². The van der Waals surface area contributed by atoms with Gasteiger partial charge in [-0.1, -0.05) is 23.8 Å². The van der Waals surface area contributed by atoms with Crippen molar-refractivity contribution in [1.82, 2.24) is 4.90 Å². The minimum absolute atomic E-state index is 0.0251. The van der Waals surface area contributed by atoms with E-state index in [9.17, 15) is 5.11 Å². The molecule has 0 amide bonds. The van der Waals surface area contributed by atoms with Gasteiger partial charge < -0.3 is 19.6 Å². The highest BCUT2D eigenvalue weighted by molar-refractivity contribution is 7.80. The average Bonchev–Trinajstić information content (AvgIpc) is 2.44. The zero-order valence-corrected chi connectivity index (χ0v) is 13.4. The smallest absolute Gasteiger partial charge is 0.176 e. The monoisotopic (exact) mass is 315 g/mol. The standard InChI is InChI=1S/C14H19ClN2O2S/c1-3-19-12-9-10(8-11(15)13(12)18)14(20)17-6-4-16(2)5-7-17/h8-9,18H,3-7H2,1-2H3/p+1. The molecule has 4 nitrogen and oxygen atoms in total. The van der Waals surface area contributed by atoms with Gasteiger partial charge in [0.15, 0.2) is 11.5 Å². The lowest BCUT2D eigenvalue weighted by Gasteiger charge is -2.32. The largest absolute Gasteiger partial charge is 0.503 e. The van der Waals surface area contributed by atoms with Gasteiger partial charge in [0.05, 0.1) is 44.9 Å². The van der Waals surface area contributed by atoms with E-state index in [2.05, 4.69) is 11.9 Å². The van der Waals surface area contributed by atoms with Crippen LogP contribution in [0.5, 0.6) is 11.5 Å². The lowest BCUT2D eigenvalue weighted by molar-refractivity contribution is -0.883. The van der Waals surface area contributed by atoms with Gasteiger partial charge in [0.25, 0.3) is 0 Å². The molecule has 0 aliphatic carbocycles. The zero-order chi connectivity index (χ0) is 14.7. The Bertz CT molecular complexity index is 502. The molecule has 0 spiro atoms. The molecule has 1 fully saturated rings. The fourth-order valence-corrected chi connectivity index (χ4v) is 2.75. The third-order valence-electron chi connectivity index (χ3n) is 3.48. The highest BCUT2D eigenvalue weighted by Gasteiger charge is 2.21. The van der Waals surface area contributed by atoms with Crippen LogP contribution in [0.4, 0.5) is 0 Å². The number of thiocarbonyl (C=S) groups is 1. The number of phenols is 1. The Morgan fingerprint density at radius 3 is 2.70 bits per heavy atom. The third kappa shape index (κ3) is 3.34. The van der Waals surface area contributed by atoms with E-state index in [0.717, 1.165) is 36.7 Å². The van der Waals surface area contributed by atoms with Crippen molar-refractivity contribution in [3.63, 3.8) is 0 Å². The summed E-state index contributed by atoms with van der Waals surface area (Å²) in [7, 11) is 2.19. The lowest BCUT2D eigenvalue weighted by Crippen LogP contribution is -3.12. The van der Waals surface area contributed by atoms with E-state index in [-0.39, 0.29) is 10.8 Å². The van der Waals surface area contributed by atoms with Crippen LogP contribution in [0.15, 0.2) is 12.1 Å². The van der Waals surface area contributed by atoms with Crippen LogP contribution < -0.4 is 9.64 Å². The summed E-state index contributed by atoms with van der Waals surface area (Å²) < 4.78 is 5.40. The van der Waals surface area contributed by atoms with Gasteiger partial charge in [0.2, 0.25) is 0 Å². The number of quaternary nitrogens is 1. The van der Waals surface area contributed by atoms with Gasteiger partial charge >= 0.3 is 0 Å². The van der Waals surface area contributed by atoms with Crippen LogP contribution in [-0.4, -0.2) is 54.8 Å². The number of rotatable bonds is 3. The van der Waals surface area contributed by atoms with Gasteiger partial charge in [-0.3, -0.25) is 0 Å². The number of likely N-dealkylation sites (N-methyl/N-ethyl adjacent to an activating group) is 1. The average molecular weight is 316 g/mol. The summed E-state index contributed by atoms with van der Waals surface area (Å²) >= 11 is 11.6. The molecule has 2 rings (SSSR count). The quantitative estimate of drug-likeness (QED) is 0.815. The second kappa shape index (κ2) is 6.61. The predicted octanol–water partition coefficient (Wildman–Crippen LogP) is 0.950. The molecule has 6 heteroatoms. The Kier molecular flexibility index (Phi) is 5.07. The van der Waals surface area contributed by atoms with Gasteiger partial charge in [0.1, 0.15) is 4.99 Å². The van der Waals surface area contributed by atoms with E-state index < -0.39 is 0 Å². The van der Waals surface area contributed by atoms with Crippen LogP contribution in [0, 0.1) is 0 Å². The van der Waals surface area contributed by atoms with Crippen molar-refractivity contribution in [2.75, 3.05) is 39.8 Å². The van der Waals surface area contributed by atoms with Crippen molar-refractivity contribution in [1.29, 1.82) is 0 Å². The van der Waals surface area contributed by atoms with Crippen molar-refractivity contribution in [2.45, 2.75) is 6.92 Å². The number of aromatic hydroxyl groups is 1. The Labute approximate surface area is 129 Å². The Morgan fingerprint density at radius 1 is 1.45 bits per heavy atom. The molecule has 0 radical (unpaired) electrons. The maximum Gasteiger partial charge on any atom is 0.176 e. The predicted molar refractivity (Wildman–Crippen MR) is 84.2 cm³/mol. The van der Waals surface area contributed by atoms with Gasteiger partial charge in [-0.15, -0.1) is 0 Å². The fraction of sp³-hybridized carbons (Fsp3) is 0.500. The SMILES string of the molecule is CCOc1cc(C(=S)N2CC[NH+](C)CC2)cc(Cl)c1O. The third-order valence-corrected chi connectivity index (χ3v) is 4.26. The van der Waals surface area contributed by atoms with E-state index >= 15 is 0 Å². The summed E-state index contributed by atoms with van der Waals surface area (Å²) in [6.45, 7) is 6.36. The molecule has 110 valence electrons. The Hall–Kier alpha value is -1.04. The van der Waals surface area contributed by atoms with E-state index in [1.807, 2.05) is 6.92 Å². The highest BCUT2D eigenvalue weighted by Crippen LogP contribution is 2.35. The summed E-state index contributed by atoms with van der Waals surface area (Å²) in [5.41, 5.74) is 0.825. The lowest BCUT2D eigenvalue weighted by atomic mass is 10.1. The summed E-state index contributed by atoms with van der Waals surface area (Å²) in [6, 6.07) is 3.46. The maximum absolute atomic E-state index is 9.86. The van der Waals surface area contributed by atoms with Crippen molar-refractivity contribution in [3.8, 4) is 11.5 Å². The molecule has 2 N–H and O–H groups in total. The first-order valence-electron chi connectivity index (χ1n) is 6.78. The second-order valence-electron chi connectivity index (χ2n) is 4.99. The number of hydrogen-bond acceptors (Lipinski definition) is 3. The number of hydrogen-bond donors (Lipinski definition) is 2. The molecule has 0 bridgehead atoms. The molecule has 0 saturated carbocycles. The van der Waals surface area contributed by atoms with Crippen molar-refractivity contribution in [2.24, 2.45) is 0 Å². The minimum Gasteiger partial charge on any atom is -0.503 e. The molecular formula is C14H20ClN2O2S+. The number of phenolic OH excluding ortho intramolecular Hbond substituents is 1. The van der Waals surface area contributed by atoms with Crippen molar-refractivity contribution >= 4 is 28.8 Å². The maximum atomic E-state index is 9.86. The van der Waals surface area contributed by atoms with Gasteiger partial charge in [-0.25, -0.2) is 0 Å². The number of nitrogens with zero attached hydrogens (tertiary/aromatic N) is 1. The summed E-state index contributed by atoms with van der Waals surface area (Å²) in [4.78, 5) is 4.46. The number of benzene rings is 1. The number of halogens is 1. The van der Waals surface area contributed by atoms with Crippen LogP contribution in [0.3, 0.4) is 0 Å².